The van der Waals surface area contributed by atoms with Gasteiger partial charge in [0.2, 0.25) is 0 Å². The fourth-order valence-electron chi connectivity index (χ4n) is 3.56. The number of benzene rings is 2. The van der Waals surface area contributed by atoms with Gasteiger partial charge in [0.05, 0.1) is 0 Å². The highest BCUT2D eigenvalue weighted by molar-refractivity contribution is 5.66. The summed E-state index contributed by atoms with van der Waals surface area (Å²) in [5.74, 6) is 0.885. The van der Waals surface area contributed by atoms with E-state index in [4.69, 9.17) is 9.47 Å². The third kappa shape index (κ3) is 5.84. The Morgan fingerprint density at radius 3 is 1.81 bits per heavy atom. The monoisotopic (exact) mass is 370 g/mol. The molecule has 0 saturated heterocycles. The van der Waals surface area contributed by atoms with Crippen molar-refractivity contribution in [2.24, 2.45) is 0 Å². The molecule has 0 fully saturated rings. The molecular weight excluding hydrogens is 332 g/mol. The summed E-state index contributed by atoms with van der Waals surface area (Å²) >= 11 is 0. The standard InChI is InChI=1S/C23H32O2.C2H6/c1-6-23(7-2,8-3)21-13-10-19(11-14-21)20-12-15-22(18(5)16-20)25-17-24-9-4;1-2/h10-16H,6-9,17H2,1-5H3;1-2H3. The highest BCUT2D eigenvalue weighted by Gasteiger charge is 2.25. The van der Waals surface area contributed by atoms with E-state index in [2.05, 4.69) is 64.1 Å². The average molecular weight is 371 g/mol. The summed E-state index contributed by atoms with van der Waals surface area (Å²) in [6.07, 6.45) is 3.55. The summed E-state index contributed by atoms with van der Waals surface area (Å²) in [5, 5.41) is 0. The van der Waals surface area contributed by atoms with E-state index >= 15 is 0 Å². The maximum absolute atomic E-state index is 5.65. The molecule has 0 bridgehead atoms. The number of aryl methyl sites for hydroxylation is 1. The van der Waals surface area contributed by atoms with Crippen LogP contribution in [0.15, 0.2) is 42.5 Å². The molecular formula is C25H38O2. The van der Waals surface area contributed by atoms with Crippen molar-refractivity contribution in [2.45, 2.75) is 73.1 Å². The van der Waals surface area contributed by atoms with Crippen molar-refractivity contribution in [3.05, 3.63) is 53.6 Å². The van der Waals surface area contributed by atoms with Crippen molar-refractivity contribution in [2.75, 3.05) is 13.4 Å². The number of hydrogen-bond acceptors (Lipinski definition) is 2. The molecule has 0 saturated carbocycles. The molecule has 150 valence electrons. The molecule has 0 aromatic heterocycles. The lowest BCUT2D eigenvalue weighted by molar-refractivity contribution is 0.0220. The summed E-state index contributed by atoms with van der Waals surface area (Å²) in [5.41, 5.74) is 5.37. The van der Waals surface area contributed by atoms with Gasteiger partial charge in [-0.1, -0.05) is 65.0 Å². The fraction of sp³-hybridized carbons (Fsp3) is 0.520. The van der Waals surface area contributed by atoms with E-state index in [1.807, 2.05) is 26.8 Å². The van der Waals surface area contributed by atoms with E-state index in [1.54, 1.807) is 0 Å². The lowest BCUT2D eigenvalue weighted by Gasteiger charge is -2.31. The van der Waals surface area contributed by atoms with Crippen LogP contribution in [0.5, 0.6) is 5.75 Å². The second-order valence-electron chi connectivity index (χ2n) is 6.65. The normalized spacial score (nSPS) is 10.9. The van der Waals surface area contributed by atoms with E-state index < -0.39 is 0 Å². The van der Waals surface area contributed by atoms with E-state index in [0.717, 1.165) is 11.3 Å². The SMILES string of the molecule is CC.CCOCOc1ccc(-c2ccc(C(CC)(CC)CC)cc2)cc1C. The van der Waals surface area contributed by atoms with Crippen molar-refractivity contribution in [1.29, 1.82) is 0 Å². The predicted octanol–water partition coefficient (Wildman–Crippen LogP) is 7.53. The molecule has 0 atom stereocenters. The molecule has 0 aliphatic rings. The Bertz CT molecular complexity index is 646. The van der Waals surface area contributed by atoms with Gasteiger partial charge in [-0.3, -0.25) is 0 Å². The second-order valence-corrected chi connectivity index (χ2v) is 6.65. The van der Waals surface area contributed by atoms with Gasteiger partial charge in [0, 0.05) is 6.61 Å². The summed E-state index contributed by atoms with van der Waals surface area (Å²) < 4.78 is 10.9. The van der Waals surface area contributed by atoms with Crippen LogP contribution in [-0.2, 0) is 10.2 Å². The van der Waals surface area contributed by atoms with E-state index in [0.29, 0.717) is 18.8 Å². The summed E-state index contributed by atoms with van der Waals surface area (Å²) in [4.78, 5) is 0. The first-order valence-corrected chi connectivity index (χ1v) is 10.5. The van der Waals surface area contributed by atoms with Gasteiger partial charge < -0.3 is 9.47 Å². The Morgan fingerprint density at radius 1 is 0.778 bits per heavy atom. The van der Waals surface area contributed by atoms with Crippen molar-refractivity contribution >= 4 is 0 Å². The topological polar surface area (TPSA) is 18.5 Å². The molecule has 0 N–H and O–H groups in total. The lowest BCUT2D eigenvalue weighted by Crippen LogP contribution is -2.23. The van der Waals surface area contributed by atoms with Crippen LogP contribution in [-0.4, -0.2) is 13.4 Å². The quantitative estimate of drug-likeness (QED) is 0.335. The third-order valence-electron chi connectivity index (χ3n) is 5.54. The molecule has 2 aromatic rings. The lowest BCUT2D eigenvalue weighted by atomic mass is 9.73. The van der Waals surface area contributed by atoms with Crippen LogP contribution in [0, 0.1) is 6.92 Å². The molecule has 2 aromatic carbocycles. The molecule has 0 aliphatic heterocycles. The molecule has 0 spiro atoms. The molecule has 0 aliphatic carbocycles. The van der Waals surface area contributed by atoms with Crippen LogP contribution in [0.2, 0.25) is 0 Å². The maximum atomic E-state index is 5.65. The Morgan fingerprint density at radius 2 is 1.33 bits per heavy atom. The molecule has 2 rings (SSSR count). The Kier molecular flexibility index (Phi) is 10.2. The zero-order chi connectivity index (χ0) is 20.3. The molecule has 2 heteroatoms. The average Bonchev–Trinajstić information content (AvgIpc) is 2.73. The minimum absolute atomic E-state index is 0.304. The van der Waals surface area contributed by atoms with Crippen molar-refractivity contribution in [1.82, 2.24) is 0 Å². The third-order valence-corrected chi connectivity index (χ3v) is 5.54. The first-order valence-electron chi connectivity index (χ1n) is 10.5. The van der Waals surface area contributed by atoms with Gasteiger partial charge in [-0.15, -0.1) is 0 Å². The molecule has 0 amide bonds. The molecule has 0 radical (unpaired) electrons. The van der Waals surface area contributed by atoms with E-state index in [-0.39, 0.29) is 0 Å². The number of rotatable bonds is 9. The smallest absolute Gasteiger partial charge is 0.189 e. The van der Waals surface area contributed by atoms with Gasteiger partial charge >= 0.3 is 0 Å². The van der Waals surface area contributed by atoms with Crippen molar-refractivity contribution < 1.29 is 9.47 Å². The highest BCUT2D eigenvalue weighted by Crippen LogP contribution is 2.36. The summed E-state index contributed by atoms with van der Waals surface area (Å²) in [7, 11) is 0. The maximum Gasteiger partial charge on any atom is 0.189 e. The number of hydrogen-bond donors (Lipinski definition) is 0. The Balaban J connectivity index is 0.00000176. The van der Waals surface area contributed by atoms with E-state index in [1.165, 1.54) is 36.0 Å². The first-order chi connectivity index (χ1) is 13.1. The minimum Gasteiger partial charge on any atom is -0.467 e. The van der Waals surface area contributed by atoms with Crippen LogP contribution in [0.3, 0.4) is 0 Å². The summed E-state index contributed by atoms with van der Waals surface area (Å²) in [6.45, 7) is 15.9. The zero-order valence-corrected chi connectivity index (χ0v) is 18.4. The zero-order valence-electron chi connectivity index (χ0n) is 18.4. The Hall–Kier alpha value is -1.80. The predicted molar refractivity (Wildman–Crippen MR) is 118 cm³/mol. The van der Waals surface area contributed by atoms with E-state index in [9.17, 15) is 0 Å². The van der Waals surface area contributed by atoms with Gasteiger partial charge in [0.25, 0.3) is 0 Å². The fourth-order valence-corrected chi connectivity index (χ4v) is 3.56. The molecule has 27 heavy (non-hydrogen) atoms. The van der Waals surface area contributed by atoms with Gasteiger partial charge in [-0.25, -0.2) is 0 Å². The Labute approximate surface area is 166 Å². The first kappa shape index (κ1) is 23.2. The van der Waals surface area contributed by atoms with Crippen LogP contribution in [0.1, 0.15) is 71.9 Å². The van der Waals surface area contributed by atoms with Crippen LogP contribution < -0.4 is 4.74 Å². The second kappa shape index (κ2) is 11.8. The highest BCUT2D eigenvalue weighted by atomic mass is 16.7. The van der Waals surface area contributed by atoms with Gasteiger partial charge in [0.1, 0.15) is 5.75 Å². The van der Waals surface area contributed by atoms with Crippen LogP contribution >= 0.6 is 0 Å². The largest absolute Gasteiger partial charge is 0.467 e. The minimum atomic E-state index is 0.304. The molecule has 0 heterocycles. The van der Waals surface area contributed by atoms with Crippen molar-refractivity contribution in [3.63, 3.8) is 0 Å². The molecule has 0 unspecified atom stereocenters. The van der Waals surface area contributed by atoms with Crippen molar-refractivity contribution in [3.8, 4) is 16.9 Å². The van der Waals surface area contributed by atoms with Crippen LogP contribution in [0.4, 0.5) is 0 Å². The van der Waals surface area contributed by atoms with Gasteiger partial charge in [-0.05, 0) is 72.9 Å². The van der Waals surface area contributed by atoms with Gasteiger partial charge in [0.15, 0.2) is 6.79 Å². The number of ether oxygens (including phenoxy) is 2. The van der Waals surface area contributed by atoms with Crippen LogP contribution in [0.25, 0.3) is 11.1 Å². The summed E-state index contributed by atoms with van der Waals surface area (Å²) in [6, 6.07) is 15.5. The molecule has 2 nitrogen and oxygen atoms in total. The van der Waals surface area contributed by atoms with Gasteiger partial charge in [-0.2, -0.15) is 0 Å².